The number of thioether (sulfide) groups is 1. The van der Waals surface area contributed by atoms with Gasteiger partial charge >= 0.3 is 0 Å². The number of hydrogen-bond donors (Lipinski definition) is 1. The summed E-state index contributed by atoms with van der Waals surface area (Å²) in [5, 5.41) is 0. The molecule has 3 rings (SSSR count). The number of pyridine rings is 1. The molecular weight excluding hydrogens is 270 g/mol. The number of hydrogen-bond acceptors (Lipinski definition) is 4. The van der Waals surface area contributed by atoms with Crippen LogP contribution in [-0.4, -0.2) is 58.5 Å². The zero-order valence-electron chi connectivity index (χ0n) is 11.9. The highest BCUT2D eigenvalue weighted by atomic mass is 32.2. The predicted molar refractivity (Wildman–Crippen MR) is 84.3 cm³/mol. The van der Waals surface area contributed by atoms with Crippen molar-refractivity contribution in [2.45, 2.75) is 25.4 Å². The van der Waals surface area contributed by atoms with Gasteiger partial charge in [-0.25, -0.2) is 0 Å². The van der Waals surface area contributed by atoms with Crippen LogP contribution in [0.5, 0.6) is 0 Å². The van der Waals surface area contributed by atoms with Crippen LogP contribution >= 0.6 is 11.8 Å². The van der Waals surface area contributed by atoms with Gasteiger partial charge in [0.2, 0.25) is 5.56 Å². The van der Waals surface area contributed by atoms with Crippen molar-refractivity contribution >= 4 is 11.8 Å². The van der Waals surface area contributed by atoms with E-state index in [0.29, 0.717) is 0 Å². The molecular formula is C15H23N3OS. The van der Waals surface area contributed by atoms with E-state index in [1.807, 2.05) is 12.1 Å². The molecule has 2 saturated heterocycles. The van der Waals surface area contributed by atoms with Crippen molar-refractivity contribution in [3.8, 4) is 0 Å². The number of piperidine rings is 1. The Hall–Kier alpha value is -0.780. The molecule has 0 unspecified atom stereocenters. The van der Waals surface area contributed by atoms with Crippen molar-refractivity contribution < 1.29 is 0 Å². The van der Waals surface area contributed by atoms with Crippen LogP contribution < -0.4 is 5.56 Å². The van der Waals surface area contributed by atoms with Crippen molar-refractivity contribution in [1.29, 1.82) is 0 Å². The van der Waals surface area contributed by atoms with Gasteiger partial charge in [-0.3, -0.25) is 14.6 Å². The molecule has 3 heterocycles. The molecule has 4 nitrogen and oxygen atoms in total. The standard InChI is InChI=1S/C15H23N3OS/c19-15-3-1-2-13(16-15)12-17-6-4-14(5-7-17)18-8-10-20-11-9-18/h1-3,14H,4-12H2,(H,16,19). The van der Waals surface area contributed by atoms with Gasteiger partial charge in [0.15, 0.2) is 0 Å². The van der Waals surface area contributed by atoms with Crippen LogP contribution in [0.25, 0.3) is 0 Å². The number of nitrogens with zero attached hydrogens (tertiary/aromatic N) is 2. The van der Waals surface area contributed by atoms with Crippen molar-refractivity contribution in [3.63, 3.8) is 0 Å². The fraction of sp³-hybridized carbons (Fsp3) is 0.667. The predicted octanol–water partition coefficient (Wildman–Crippen LogP) is 1.39. The average molecular weight is 293 g/mol. The molecule has 1 aromatic heterocycles. The molecule has 0 bridgehead atoms. The molecule has 2 fully saturated rings. The number of aromatic nitrogens is 1. The van der Waals surface area contributed by atoms with E-state index in [4.69, 9.17) is 0 Å². The molecule has 110 valence electrons. The van der Waals surface area contributed by atoms with Gasteiger partial charge in [-0.2, -0.15) is 11.8 Å². The van der Waals surface area contributed by atoms with Crippen LogP contribution in [0.4, 0.5) is 0 Å². The lowest BCUT2D eigenvalue weighted by molar-refractivity contribution is 0.111. The maximum absolute atomic E-state index is 11.3. The summed E-state index contributed by atoms with van der Waals surface area (Å²) in [5.74, 6) is 2.59. The van der Waals surface area contributed by atoms with E-state index in [2.05, 4.69) is 26.5 Å². The molecule has 2 aliphatic heterocycles. The van der Waals surface area contributed by atoms with E-state index < -0.39 is 0 Å². The lowest BCUT2D eigenvalue weighted by atomic mass is 10.0. The van der Waals surface area contributed by atoms with E-state index in [0.717, 1.165) is 31.4 Å². The molecule has 0 spiro atoms. The largest absolute Gasteiger partial charge is 0.325 e. The van der Waals surface area contributed by atoms with E-state index in [1.165, 1.54) is 37.4 Å². The molecule has 5 heteroatoms. The van der Waals surface area contributed by atoms with Crippen molar-refractivity contribution in [3.05, 3.63) is 34.2 Å². The highest BCUT2D eigenvalue weighted by Gasteiger charge is 2.25. The lowest BCUT2D eigenvalue weighted by Crippen LogP contribution is -2.47. The number of aromatic amines is 1. The summed E-state index contributed by atoms with van der Waals surface area (Å²) < 4.78 is 0. The SMILES string of the molecule is O=c1cccc(CN2CCC(N3CCSCC3)CC2)[nH]1. The smallest absolute Gasteiger partial charge is 0.248 e. The third-order valence-electron chi connectivity index (χ3n) is 4.34. The Morgan fingerprint density at radius 2 is 1.90 bits per heavy atom. The fourth-order valence-corrected chi connectivity index (χ4v) is 4.14. The number of likely N-dealkylation sites (tertiary alicyclic amines) is 1. The van der Waals surface area contributed by atoms with E-state index in [9.17, 15) is 4.79 Å². The van der Waals surface area contributed by atoms with E-state index >= 15 is 0 Å². The monoisotopic (exact) mass is 293 g/mol. The highest BCUT2D eigenvalue weighted by molar-refractivity contribution is 7.99. The minimum atomic E-state index is 0.00297. The Morgan fingerprint density at radius 1 is 1.15 bits per heavy atom. The fourth-order valence-electron chi connectivity index (χ4n) is 3.21. The van der Waals surface area contributed by atoms with Crippen molar-refractivity contribution in [1.82, 2.24) is 14.8 Å². The average Bonchev–Trinajstić information content (AvgIpc) is 2.49. The quantitative estimate of drug-likeness (QED) is 0.914. The molecule has 20 heavy (non-hydrogen) atoms. The maximum Gasteiger partial charge on any atom is 0.248 e. The van der Waals surface area contributed by atoms with Gasteiger partial charge in [0.05, 0.1) is 0 Å². The Labute approximate surface area is 124 Å². The zero-order chi connectivity index (χ0) is 13.8. The van der Waals surface area contributed by atoms with Gasteiger partial charge in [-0.1, -0.05) is 6.07 Å². The first-order chi connectivity index (χ1) is 9.81. The Bertz CT molecular complexity index is 476. The molecule has 0 atom stereocenters. The first-order valence-corrected chi connectivity index (χ1v) is 8.69. The summed E-state index contributed by atoms with van der Waals surface area (Å²) in [6.45, 7) is 5.69. The van der Waals surface area contributed by atoms with Gasteiger partial charge in [0, 0.05) is 62.0 Å². The molecule has 1 aromatic rings. The van der Waals surface area contributed by atoms with Crippen LogP contribution in [0.2, 0.25) is 0 Å². The third kappa shape index (κ3) is 3.65. The molecule has 0 amide bonds. The summed E-state index contributed by atoms with van der Waals surface area (Å²) in [6.07, 6.45) is 2.53. The van der Waals surface area contributed by atoms with Crippen LogP contribution in [0.1, 0.15) is 18.5 Å². The van der Waals surface area contributed by atoms with Crippen LogP contribution in [0.15, 0.2) is 23.0 Å². The van der Waals surface area contributed by atoms with Crippen LogP contribution in [-0.2, 0) is 6.54 Å². The van der Waals surface area contributed by atoms with Gasteiger partial charge in [-0.15, -0.1) is 0 Å². The first kappa shape index (κ1) is 14.2. The zero-order valence-corrected chi connectivity index (χ0v) is 12.7. The van der Waals surface area contributed by atoms with Gasteiger partial charge in [0.25, 0.3) is 0 Å². The molecule has 0 aliphatic carbocycles. The summed E-state index contributed by atoms with van der Waals surface area (Å²) >= 11 is 2.08. The summed E-state index contributed by atoms with van der Waals surface area (Å²) in [6, 6.07) is 6.20. The van der Waals surface area contributed by atoms with Crippen molar-refractivity contribution in [2.24, 2.45) is 0 Å². The second-order valence-electron chi connectivity index (χ2n) is 5.70. The number of rotatable bonds is 3. The Morgan fingerprint density at radius 3 is 2.60 bits per heavy atom. The Kier molecular flexibility index (Phi) is 4.81. The normalized spacial score (nSPS) is 23.0. The van der Waals surface area contributed by atoms with Crippen LogP contribution in [0.3, 0.4) is 0 Å². The van der Waals surface area contributed by atoms with Gasteiger partial charge in [-0.05, 0) is 18.9 Å². The van der Waals surface area contributed by atoms with Crippen molar-refractivity contribution in [2.75, 3.05) is 37.7 Å². The molecule has 0 radical (unpaired) electrons. The topological polar surface area (TPSA) is 39.3 Å². The minimum Gasteiger partial charge on any atom is -0.325 e. The summed E-state index contributed by atoms with van der Waals surface area (Å²) in [4.78, 5) is 19.4. The van der Waals surface area contributed by atoms with E-state index in [1.54, 1.807) is 6.07 Å². The second-order valence-corrected chi connectivity index (χ2v) is 6.92. The molecule has 0 saturated carbocycles. The highest BCUT2D eigenvalue weighted by Crippen LogP contribution is 2.21. The number of H-pyrrole nitrogens is 1. The summed E-state index contributed by atoms with van der Waals surface area (Å²) in [5.41, 5.74) is 1.04. The summed E-state index contributed by atoms with van der Waals surface area (Å²) in [7, 11) is 0. The van der Waals surface area contributed by atoms with Gasteiger partial charge < -0.3 is 4.98 Å². The van der Waals surface area contributed by atoms with E-state index in [-0.39, 0.29) is 5.56 Å². The first-order valence-electron chi connectivity index (χ1n) is 7.53. The molecule has 2 aliphatic rings. The number of nitrogens with one attached hydrogen (secondary N) is 1. The van der Waals surface area contributed by atoms with Crippen LogP contribution in [0, 0.1) is 0 Å². The molecule has 1 N–H and O–H groups in total. The lowest BCUT2D eigenvalue weighted by Gasteiger charge is -2.40. The molecule has 0 aromatic carbocycles. The third-order valence-corrected chi connectivity index (χ3v) is 5.28. The maximum atomic E-state index is 11.3. The minimum absolute atomic E-state index is 0.00297. The van der Waals surface area contributed by atoms with Gasteiger partial charge in [0.1, 0.15) is 0 Å². The Balaban J connectivity index is 1.49. The second kappa shape index (κ2) is 6.78.